The minimum absolute atomic E-state index is 0.0486. The lowest BCUT2D eigenvalue weighted by atomic mass is 10.1. The molecule has 0 radical (unpaired) electrons. The van der Waals surface area contributed by atoms with Gasteiger partial charge in [-0.3, -0.25) is 9.59 Å². The number of carbonyl (C=O) groups is 2. The summed E-state index contributed by atoms with van der Waals surface area (Å²) in [5.74, 6) is 0.621. The van der Waals surface area contributed by atoms with E-state index < -0.39 is 5.82 Å². The van der Waals surface area contributed by atoms with Gasteiger partial charge in [0.1, 0.15) is 18.1 Å². The van der Waals surface area contributed by atoms with Crippen LogP contribution in [0, 0.1) is 5.82 Å². The van der Waals surface area contributed by atoms with Crippen LogP contribution in [0.5, 0.6) is 5.75 Å². The molecule has 2 heterocycles. The lowest BCUT2D eigenvalue weighted by molar-refractivity contribution is -0.131. The second-order valence-electron chi connectivity index (χ2n) is 9.99. The maximum atomic E-state index is 13.9. The molecule has 1 aliphatic rings. The zero-order valence-corrected chi connectivity index (χ0v) is 24.1. The highest BCUT2D eigenvalue weighted by molar-refractivity contribution is 5.96. The van der Waals surface area contributed by atoms with E-state index >= 15 is 0 Å². The van der Waals surface area contributed by atoms with Gasteiger partial charge in [0.15, 0.2) is 5.82 Å². The summed E-state index contributed by atoms with van der Waals surface area (Å²) < 4.78 is 19.1. The van der Waals surface area contributed by atoms with Crippen molar-refractivity contribution in [2.75, 3.05) is 70.9 Å². The smallest absolute Gasteiger partial charge is 0.254 e. The molecule has 4 rings (SSSR count). The van der Waals surface area contributed by atoms with Crippen LogP contribution in [-0.2, 0) is 4.79 Å². The molecule has 0 unspecified atom stereocenters. The van der Waals surface area contributed by atoms with Crippen molar-refractivity contribution in [1.82, 2.24) is 24.9 Å². The van der Waals surface area contributed by atoms with Crippen LogP contribution in [0.1, 0.15) is 30.6 Å². The van der Waals surface area contributed by atoms with E-state index in [1.807, 2.05) is 41.3 Å². The van der Waals surface area contributed by atoms with Gasteiger partial charge in [-0.2, -0.15) is 0 Å². The minimum Gasteiger partial charge on any atom is -0.497 e. The molecule has 0 aliphatic carbocycles. The summed E-state index contributed by atoms with van der Waals surface area (Å²) in [5.41, 5.74) is 1.97. The number of methoxy groups -OCH3 is 1. The van der Waals surface area contributed by atoms with Gasteiger partial charge in [0.2, 0.25) is 5.91 Å². The van der Waals surface area contributed by atoms with Crippen molar-refractivity contribution in [2.45, 2.75) is 20.3 Å². The summed E-state index contributed by atoms with van der Waals surface area (Å²) in [7, 11) is 1.63. The number of amides is 2. The number of halogens is 1. The molecule has 10 heteroatoms. The first kappa shape index (κ1) is 29.9. The molecule has 1 aliphatic heterocycles. The molecule has 0 saturated carbocycles. The SMILES string of the molecule is CCN(CC)CCN(CC(=O)N1CCCN(c2ccc(-c3ccc(OC)cc3)nn2)CC1)C(=O)c1cccc(F)c1. The fraction of sp³-hybridized carbons (Fsp3) is 0.419. The van der Waals surface area contributed by atoms with Gasteiger partial charge in [0.05, 0.1) is 12.8 Å². The Morgan fingerprint density at radius 2 is 1.71 bits per heavy atom. The molecule has 1 fully saturated rings. The molecule has 218 valence electrons. The number of anilines is 1. The Kier molecular flexibility index (Phi) is 10.6. The van der Waals surface area contributed by atoms with Crippen LogP contribution in [-0.4, -0.2) is 103 Å². The highest BCUT2D eigenvalue weighted by Gasteiger charge is 2.25. The number of likely N-dealkylation sites (N-methyl/N-ethyl adjacent to an activating group) is 1. The number of benzene rings is 2. The van der Waals surface area contributed by atoms with Crippen molar-refractivity contribution in [3.05, 3.63) is 72.0 Å². The third-order valence-corrected chi connectivity index (χ3v) is 7.47. The van der Waals surface area contributed by atoms with Crippen LogP contribution in [0.3, 0.4) is 0 Å². The normalized spacial score (nSPS) is 13.7. The Balaban J connectivity index is 1.39. The number of hydrogen-bond acceptors (Lipinski definition) is 7. The van der Waals surface area contributed by atoms with E-state index in [1.54, 1.807) is 18.1 Å². The van der Waals surface area contributed by atoms with Crippen LogP contribution in [0.15, 0.2) is 60.7 Å². The predicted octanol–water partition coefficient (Wildman–Crippen LogP) is 3.81. The van der Waals surface area contributed by atoms with E-state index in [2.05, 4.69) is 33.8 Å². The number of aromatic nitrogens is 2. The molecular weight excluding hydrogens is 523 g/mol. The van der Waals surface area contributed by atoms with Gasteiger partial charge in [0.25, 0.3) is 5.91 Å². The van der Waals surface area contributed by atoms with Crippen molar-refractivity contribution in [3.8, 4) is 17.0 Å². The first-order valence-corrected chi connectivity index (χ1v) is 14.2. The Bertz CT molecular complexity index is 1280. The molecule has 0 spiro atoms. The second kappa shape index (κ2) is 14.5. The van der Waals surface area contributed by atoms with E-state index in [0.29, 0.717) is 32.7 Å². The van der Waals surface area contributed by atoms with E-state index in [9.17, 15) is 14.0 Å². The van der Waals surface area contributed by atoms with Gasteiger partial charge in [0, 0.05) is 50.4 Å². The number of ether oxygens (including phenoxy) is 1. The van der Waals surface area contributed by atoms with Crippen molar-refractivity contribution in [2.24, 2.45) is 0 Å². The summed E-state index contributed by atoms with van der Waals surface area (Å²) >= 11 is 0. The monoisotopic (exact) mass is 562 g/mol. The highest BCUT2D eigenvalue weighted by Crippen LogP contribution is 2.22. The van der Waals surface area contributed by atoms with E-state index in [1.165, 1.54) is 18.2 Å². The average Bonchev–Trinajstić information content (AvgIpc) is 3.27. The predicted molar refractivity (Wildman–Crippen MR) is 158 cm³/mol. The number of carbonyl (C=O) groups excluding carboxylic acids is 2. The van der Waals surface area contributed by atoms with Gasteiger partial charge < -0.3 is 24.3 Å². The third kappa shape index (κ3) is 8.00. The summed E-state index contributed by atoms with van der Waals surface area (Å²) in [5, 5.41) is 8.87. The van der Waals surface area contributed by atoms with Crippen molar-refractivity contribution >= 4 is 17.6 Å². The Labute approximate surface area is 241 Å². The van der Waals surface area contributed by atoms with Crippen LogP contribution in [0.4, 0.5) is 10.2 Å². The third-order valence-electron chi connectivity index (χ3n) is 7.47. The quantitative estimate of drug-likeness (QED) is 0.352. The molecule has 2 aromatic carbocycles. The van der Waals surface area contributed by atoms with Gasteiger partial charge >= 0.3 is 0 Å². The Morgan fingerprint density at radius 3 is 2.37 bits per heavy atom. The van der Waals surface area contributed by atoms with Crippen molar-refractivity contribution in [1.29, 1.82) is 0 Å². The maximum absolute atomic E-state index is 13.9. The van der Waals surface area contributed by atoms with Crippen LogP contribution in [0.2, 0.25) is 0 Å². The molecule has 3 aromatic rings. The lowest BCUT2D eigenvalue weighted by Gasteiger charge is -2.29. The fourth-order valence-corrected chi connectivity index (χ4v) is 4.93. The van der Waals surface area contributed by atoms with Gasteiger partial charge in [-0.15, -0.1) is 10.2 Å². The van der Waals surface area contributed by atoms with E-state index in [-0.39, 0.29) is 23.9 Å². The zero-order chi connectivity index (χ0) is 29.2. The number of rotatable bonds is 11. The average molecular weight is 563 g/mol. The first-order valence-electron chi connectivity index (χ1n) is 14.2. The Morgan fingerprint density at radius 1 is 0.927 bits per heavy atom. The second-order valence-corrected chi connectivity index (χ2v) is 9.99. The largest absolute Gasteiger partial charge is 0.497 e. The molecule has 0 bridgehead atoms. The van der Waals surface area contributed by atoms with Crippen molar-refractivity contribution in [3.63, 3.8) is 0 Å². The summed E-state index contributed by atoms with van der Waals surface area (Å²) in [6.07, 6.45) is 0.769. The topological polar surface area (TPSA) is 82.1 Å². The first-order chi connectivity index (χ1) is 19.9. The van der Waals surface area contributed by atoms with E-state index in [0.717, 1.165) is 48.9 Å². The van der Waals surface area contributed by atoms with Crippen LogP contribution in [0.25, 0.3) is 11.3 Å². The molecule has 1 aromatic heterocycles. The minimum atomic E-state index is -0.474. The van der Waals surface area contributed by atoms with E-state index in [4.69, 9.17) is 4.74 Å². The number of nitrogens with zero attached hydrogens (tertiary/aromatic N) is 6. The summed E-state index contributed by atoms with van der Waals surface area (Å²) in [6, 6.07) is 17.2. The molecule has 2 amide bonds. The molecule has 9 nitrogen and oxygen atoms in total. The summed E-state index contributed by atoms with van der Waals surface area (Å²) in [6.45, 7) is 9.25. The van der Waals surface area contributed by atoms with Crippen LogP contribution >= 0.6 is 0 Å². The molecule has 0 atom stereocenters. The van der Waals surface area contributed by atoms with Gasteiger partial charge in [-0.25, -0.2) is 4.39 Å². The maximum Gasteiger partial charge on any atom is 0.254 e. The summed E-state index contributed by atoms with van der Waals surface area (Å²) in [4.78, 5) is 34.4. The van der Waals surface area contributed by atoms with Gasteiger partial charge in [-0.1, -0.05) is 19.9 Å². The molecule has 41 heavy (non-hydrogen) atoms. The number of hydrogen-bond donors (Lipinski definition) is 0. The van der Waals surface area contributed by atoms with Gasteiger partial charge in [-0.05, 0) is 74.1 Å². The fourth-order valence-electron chi connectivity index (χ4n) is 4.93. The van der Waals surface area contributed by atoms with Crippen molar-refractivity contribution < 1.29 is 18.7 Å². The molecule has 0 N–H and O–H groups in total. The standard InChI is InChI=1S/C31H39FN6O3/c1-4-35(5-2)18-19-38(31(40)25-8-6-9-26(32)22-25)23-30(39)37-17-7-16-36(20-21-37)29-15-14-28(33-34-29)24-10-12-27(41-3)13-11-24/h6,8-15,22H,4-5,7,16-21,23H2,1-3H3. The molecular formula is C31H39FN6O3. The van der Waals surface area contributed by atoms with Crippen LogP contribution < -0.4 is 9.64 Å². The lowest BCUT2D eigenvalue weighted by Crippen LogP contribution is -2.46. The highest BCUT2D eigenvalue weighted by atomic mass is 19.1. The molecule has 1 saturated heterocycles. The Hall–Kier alpha value is -4.05. The zero-order valence-electron chi connectivity index (χ0n) is 24.1.